The Morgan fingerprint density at radius 1 is 0.667 bits per heavy atom. The lowest BCUT2D eigenvalue weighted by molar-refractivity contribution is 0.0706. The molecule has 0 unspecified atom stereocenters. The standard InChI is InChI=1S/C12H26O3/c1-3-4-5-9-14-11-7-12-15-10-6-8-13-2/h3-12H2,1-2H3. The Morgan fingerprint density at radius 3 is 1.73 bits per heavy atom. The third-order valence-corrected chi connectivity index (χ3v) is 2.11. The van der Waals surface area contributed by atoms with Gasteiger partial charge in [-0.1, -0.05) is 19.8 Å². The highest BCUT2D eigenvalue weighted by molar-refractivity contribution is 4.39. The van der Waals surface area contributed by atoms with E-state index in [-0.39, 0.29) is 0 Å². The predicted molar refractivity (Wildman–Crippen MR) is 62.3 cm³/mol. The van der Waals surface area contributed by atoms with Crippen LogP contribution in [0.3, 0.4) is 0 Å². The molecule has 0 spiro atoms. The van der Waals surface area contributed by atoms with Crippen LogP contribution in [0.5, 0.6) is 0 Å². The van der Waals surface area contributed by atoms with Crippen molar-refractivity contribution in [3.05, 3.63) is 0 Å². The number of hydrogen-bond acceptors (Lipinski definition) is 3. The Balaban J connectivity index is 2.81. The van der Waals surface area contributed by atoms with Gasteiger partial charge in [0.2, 0.25) is 0 Å². The Morgan fingerprint density at radius 2 is 1.20 bits per heavy atom. The Hall–Kier alpha value is -0.120. The minimum absolute atomic E-state index is 0.785. The molecule has 0 aliphatic rings. The Kier molecular flexibility index (Phi) is 13.8. The summed E-state index contributed by atoms with van der Waals surface area (Å²) in [4.78, 5) is 0. The van der Waals surface area contributed by atoms with Crippen LogP contribution in [-0.2, 0) is 14.2 Å². The lowest BCUT2D eigenvalue weighted by Gasteiger charge is -2.05. The highest BCUT2D eigenvalue weighted by Crippen LogP contribution is 1.95. The van der Waals surface area contributed by atoms with Gasteiger partial charge in [0.05, 0.1) is 0 Å². The van der Waals surface area contributed by atoms with E-state index in [0.29, 0.717) is 0 Å². The molecule has 0 amide bonds. The number of unbranched alkanes of at least 4 members (excludes halogenated alkanes) is 2. The van der Waals surface area contributed by atoms with Gasteiger partial charge in [0.1, 0.15) is 0 Å². The van der Waals surface area contributed by atoms with Crippen molar-refractivity contribution in [3.63, 3.8) is 0 Å². The van der Waals surface area contributed by atoms with Crippen LogP contribution in [0, 0.1) is 0 Å². The molecular formula is C12H26O3. The summed E-state index contributed by atoms with van der Waals surface area (Å²) in [6.07, 6.45) is 5.69. The molecule has 3 heteroatoms. The molecule has 0 aromatic rings. The van der Waals surface area contributed by atoms with Gasteiger partial charge in [0, 0.05) is 40.1 Å². The van der Waals surface area contributed by atoms with Gasteiger partial charge in [0.15, 0.2) is 0 Å². The summed E-state index contributed by atoms with van der Waals surface area (Å²) in [7, 11) is 1.71. The SMILES string of the molecule is CCCCCOCCCOCCCOC. The summed E-state index contributed by atoms with van der Waals surface area (Å²) >= 11 is 0. The summed E-state index contributed by atoms with van der Waals surface area (Å²) in [5.74, 6) is 0. The molecule has 0 aliphatic carbocycles. The zero-order chi connectivity index (χ0) is 11.2. The molecule has 0 aromatic carbocycles. The smallest absolute Gasteiger partial charge is 0.0488 e. The molecule has 0 fully saturated rings. The van der Waals surface area contributed by atoms with Crippen molar-refractivity contribution >= 4 is 0 Å². The minimum atomic E-state index is 0.785. The molecule has 0 bridgehead atoms. The molecule has 0 radical (unpaired) electrons. The molecule has 0 aliphatic heterocycles. The summed E-state index contributed by atoms with van der Waals surface area (Å²) in [5, 5.41) is 0. The molecule has 0 saturated carbocycles. The molecule has 0 atom stereocenters. The van der Waals surface area contributed by atoms with Crippen LogP contribution >= 0.6 is 0 Å². The van der Waals surface area contributed by atoms with Crippen molar-refractivity contribution in [2.45, 2.75) is 39.0 Å². The van der Waals surface area contributed by atoms with Crippen LogP contribution < -0.4 is 0 Å². The van der Waals surface area contributed by atoms with Gasteiger partial charge in [-0.2, -0.15) is 0 Å². The van der Waals surface area contributed by atoms with Gasteiger partial charge in [-0.3, -0.25) is 0 Å². The lowest BCUT2D eigenvalue weighted by Crippen LogP contribution is -2.04. The molecular weight excluding hydrogens is 192 g/mol. The second-order valence-corrected chi connectivity index (χ2v) is 3.63. The highest BCUT2D eigenvalue weighted by atomic mass is 16.5. The average Bonchev–Trinajstić information content (AvgIpc) is 2.26. The largest absolute Gasteiger partial charge is 0.385 e. The molecule has 0 saturated heterocycles. The quantitative estimate of drug-likeness (QED) is 0.471. The first-order valence-electron chi connectivity index (χ1n) is 6.06. The monoisotopic (exact) mass is 218 g/mol. The first-order chi connectivity index (χ1) is 7.41. The molecule has 0 N–H and O–H groups in total. The fourth-order valence-electron chi connectivity index (χ4n) is 1.23. The van der Waals surface area contributed by atoms with Gasteiger partial charge in [-0.25, -0.2) is 0 Å². The molecule has 3 nitrogen and oxygen atoms in total. The topological polar surface area (TPSA) is 27.7 Å². The second kappa shape index (κ2) is 13.9. The van der Waals surface area contributed by atoms with Crippen molar-refractivity contribution in [2.75, 3.05) is 40.1 Å². The molecule has 15 heavy (non-hydrogen) atoms. The van der Waals surface area contributed by atoms with Crippen LogP contribution in [0.4, 0.5) is 0 Å². The zero-order valence-electron chi connectivity index (χ0n) is 10.3. The first kappa shape index (κ1) is 14.9. The van der Waals surface area contributed by atoms with E-state index in [2.05, 4.69) is 6.92 Å². The van der Waals surface area contributed by atoms with E-state index in [0.717, 1.165) is 45.9 Å². The van der Waals surface area contributed by atoms with E-state index in [1.165, 1.54) is 19.3 Å². The van der Waals surface area contributed by atoms with Gasteiger partial charge >= 0.3 is 0 Å². The molecule has 92 valence electrons. The van der Waals surface area contributed by atoms with Crippen LogP contribution in [0.2, 0.25) is 0 Å². The van der Waals surface area contributed by atoms with Crippen molar-refractivity contribution in [2.24, 2.45) is 0 Å². The number of methoxy groups -OCH3 is 1. The Labute approximate surface area is 94.1 Å². The fraction of sp³-hybridized carbons (Fsp3) is 1.00. The van der Waals surface area contributed by atoms with Crippen molar-refractivity contribution in [3.8, 4) is 0 Å². The van der Waals surface area contributed by atoms with E-state index < -0.39 is 0 Å². The fourth-order valence-corrected chi connectivity index (χ4v) is 1.23. The number of hydrogen-bond donors (Lipinski definition) is 0. The maximum atomic E-state index is 5.46. The first-order valence-corrected chi connectivity index (χ1v) is 6.06. The number of ether oxygens (including phenoxy) is 3. The predicted octanol–water partition coefficient (Wildman–Crippen LogP) is 2.64. The van der Waals surface area contributed by atoms with E-state index in [1.54, 1.807) is 7.11 Å². The lowest BCUT2D eigenvalue weighted by atomic mass is 10.3. The van der Waals surface area contributed by atoms with Crippen LogP contribution in [0.25, 0.3) is 0 Å². The van der Waals surface area contributed by atoms with Gasteiger partial charge in [-0.05, 0) is 19.3 Å². The van der Waals surface area contributed by atoms with E-state index in [4.69, 9.17) is 14.2 Å². The number of rotatable bonds is 12. The maximum absolute atomic E-state index is 5.46. The van der Waals surface area contributed by atoms with Crippen LogP contribution in [0.1, 0.15) is 39.0 Å². The summed E-state index contributed by atoms with van der Waals surface area (Å²) < 4.78 is 15.8. The molecule has 0 rings (SSSR count). The van der Waals surface area contributed by atoms with Crippen LogP contribution in [-0.4, -0.2) is 40.1 Å². The van der Waals surface area contributed by atoms with Crippen molar-refractivity contribution < 1.29 is 14.2 Å². The van der Waals surface area contributed by atoms with Gasteiger partial charge in [-0.15, -0.1) is 0 Å². The summed E-state index contributed by atoms with van der Waals surface area (Å²) in [6.45, 7) is 6.31. The maximum Gasteiger partial charge on any atom is 0.0488 e. The van der Waals surface area contributed by atoms with Crippen molar-refractivity contribution in [1.82, 2.24) is 0 Å². The second-order valence-electron chi connectivity index (χ2n) is 3.63. The van der Waals surface area contributed by atoms with Gasteiger partial charge in [0.25, 0.3) is 0 Å². The summed E-state index contributed by atoms with van der Waals surface area (Å²) in [5.41, 5.74) is 0. The molecule has 0 heterocycles. The Bertz CT molecular complexity index is 95.0. The van der Waals surface area contributed by atoms with E-state index >= 15 is 0 Å². The van der Waals surface area contributed by atoms with E-state index in [9.17, 15) is 0 Å². The highest BCUT2D eigenvalue weighted by Gasteiger charge is 1.91. The minimum Gasteiger partial charge on any atom is -0.385 e. The zero-order valence-corrected chi connectivity index (χ0v) is 10.3. The third-order valence-electron chi connectivity index (χ3n) is 2.11. The average molecular weight is 218 g/mol. The van der Waals surface area contributed by atoms with Crippen LogP contribution in [0.15, 0.2) is 0 Å². The van der Waals surface area contributed by atoms with Crippen molar-refractivity contribution in [1.29, 1.82) is 0 Å². The molecule has 0 aromatic heterocycles. The third kappa shape index (κ3) is 13.9. The van der Waals surface area contributed by atoms with E-state index in [1.807, 2.05) is 0 Å². The summed E-state index contributed by atoms with van der Waals surface area (Å²) in [6, 6.07) is 0. The van der Waals surface area contributed by atoms with Gasteiger partial charge < -0.3 is 14.2 Å². The normalized spacial score (nSPS) is 10.8.